The first-order valence-electron chi connectivity index (χ1n) is 5.74. The van der Waals surface area contributed by atoms with E-state index in [1.165, 1.54) is 0 Å². The molecule has 1 atom stereocenters. The van der Waals surface area contributed by atoms with Gasteiger partial charge in [0.2, 0.25) is 0 Å². The molecule has 88 valence electrons. The second-order valence-electron chi connectivity index (χ2n) is 4.13. The van der Waals surface area contributed by atoms with Crippen molar-refractivity contribution in [2.75, 3.05) is 0 Å². The van der Waals surface area contributed by atoms with Crippen molar-refractivity contribution in [2.45, 2.75) is 18.9 Å². The lowest BCUT2D eigenvalue weighted by Crippen LogP contribution is -2.26. The molecule has 2 aromatic rings. The van der Waals surface area contributed by atoms with Gasteiger partial charge in [-0.1, -0.05) is 49.4 Å². The Morgan fingerprint density at radius 2 is 1.59 bits per heavy atom. The van der Waals surface area contributed by atoms with Crippen LogP contribution in [-0.2, 0) is 5.60 Å². The molecule has 0 aliphatic heterocycles. The largest absolute Gasteiger partial charge is 0.508 e. The fourth-order valence-electron chi connectivity index (χ4n) is 2.05. The second-order valence-corrected chi connectivity index (χ2v) is 4.13. The number of rotatable bonds is 3. The number of hydrogen-bond acceptors (Lipinski definition) is 2. The Balaban J connectivity index is 2.52. The summed E-state index contributed by atoms with van der Waals surface area (Å²) >= 11 is 0. The van der Waals surface area contributed by atoms with Crippen LogP contribution < -0.4 is 0 Å². The second kappa shape index (κ2) is 4.60. The van der Waals surface area contributed by atoms with Crippen LogP contribution in [0.2, 0.25) is 0 Å². The van der Waals surface area contributed by atoms with Crippen LogP contribution in [0.1, 0.15) is 24.5 Å². The van der Waals surface area contributed by atoms with Gasteiger partial charge in [0.25, 0.3) is 0 Å². The van der Waals surface area contributed by atoms with Crippen molar-refractivity contribution in [3.8, 4) is 5.75 Å². The molecule has 2 nitrogen and oxygen atoms in total. The minimum Gasteiger partial charge on any atom is -0.508 e. The van der Waals surface area contributed by atoms with Crippen molar-refractivity contribution in [3.63, 3.8) is 0 Å². The van der Waals surface area contributed by atoms with Gasteiger partial charge in [-0.2, -0.15) is 0 Å². The number of phenols is 1. The fourth-order valence-corrected chi connectivity index (χ4v) is 2.05. The summed E-state index contributed by atoms with van der Waals surface area (Å²) in [5.74, 6) is 0.172. The standard InChI is InChI=1S/C15H16O2/c1-2-15(17,12-7-4-3-5-8-12)13-9-6-10-14(16)11-13/h3-11,16-17H,2H2,1H3. The van der Waals surface area contributed by atoms with Crippen molar-refractivity contribution in [3.05, 3.63) is 65.7 Å². The minimum absolute atomic E-state index is 0.172. The molecule has 0 aromatic heterocycles. The highest BCUT2D eigenvalue weighted by atomic mass is 16.3. The van der Waals surface area contributed by atoms with Gasteiger partial charge in [-0.3, -0.25) is 0 Å². The highest BCUT2D eigenvalue weighted by molar-refractivity contribution is 5.39. The summed E-state index contributed by atoms with van der Waals surface area (Å²) in [6.07, 6.45) is 0.556. The van der Waals surface area contributed by atoms with E-state index in [0.29, 0.717) is 12.0 Å². The van der Waals surface area contributed by atoms with Gasteiger partial charge < -0.3 is 10.2 Å². The highest BCUT2D eigenvalue weighted by Gasteiger charge is 2.29. The Hall–Kier alpha value is -1.80. The lowest BCUT2D eigenvalue weighted by molar-refractivity contribution is 0.0763. The highest BCUT2D eigenvalue weighted by Crippen LogP contribution is 2.33. The first-order chi connectivity index (χ1) is 8.16. The SMILES string of the molecule is CCC(O)(c1ccccc1)c1cccc(O)c1. The lowest BCUT2D eigenvalue weighted by atomic mass is 9.84. The predicted octanol–water partition coefficient (Wildman–Crippen LogP) is 3.04. The van der Waals surface area contributed by atoms with Crippen molar-refractivity contribution >= 4 is 0 Å². The Morgan fingerprint density at radius 1 is 0.941 bits per heavy atom. The molecule has 0 heterocycles. The van der Waals surface area contributed by atoms with Crippen LogP contribution in [-0.4, -0.2) is 10.2 Å². The molecule has 2 rings (SSSR count). The zero-order valence-electron chi connectivity index (χ0n) is 9.80. The Morgan fingerprint density at radius 3 is 2.18 bits per heavy atom. The molecule has 0 amide bonds. The van der Waals surface area contributed by atoms with Crippen LogP contribution in [0.3, 0.4) is 0 Å². The number of phenolic OH excluding ortho intramolecular Hbond substituents is 1. The first-order valence-corrected chi connectivity index (χ1v) is 5.74. The summed E-state index contributed by atoms with van der Waals surface area (Å²) < 4.78 is 0. The van der Waals surface area contributed by atoms with Crippen LogP contribution in [0.5, 0.6) is 5.75 Å². The smallest absolute Gasteiger partial charge is 0.115 e. The maximum absolute atomic E-state index is 10.8. The van der Waals surface area contributed by atoms with Gasteiger partial charge in [-0.25, -0.2) is 0 Å². The third kappa shape index (κ3) is 2.17. The summed E-state index contributed by atoms with van der Waals surface area (Å²) in [5, 5.41) is 20.3. The molecule has 0 radical (unpaired) electrons. The third-order valence-corrected chi connectivity index (χ3v) is 3.09. The molecule has 0 fully saturated rings. The number of hydrogen-bond donors (Lipinski definition) is 2. The molecular formula is C15H16O2. The molecule has 0 aliphatic rings. The van der Waals surface area contributed by atoms with Gasteiger partial charge in [0.1, 0.15) is 11.4 Å². The summed E-state index contributed by atoms with van der Waals surface area (Å²) in [6.45, 7) is 1.93. The topological polar surface area (TPSA) is 40.5 Å². The molecule has 0 saturated carbocycles. The van der Waals surface area contributed by atoms with Gasteiger partial charge in [0.05, 0.1) is 0 Å². The fraction of sp³-hybridized carbons (Fsp3) is 0.200. The van der Waals surface area contributed by atoms with E-state index in [1.807, 2.05) is 43.3 Å². The molecule has 2 heteroatoms. The van der Waals surface area contributed by atoms with Crippen molar-refractivity contribution in [1.82, 2.24) is 0 Å². The van der Waals surface area contributed by atoms with E-state index >= 15 is 0 Å². The molecule has 17 heavy (non-hydrogen) atoms. The van der Waals surface area contributed by atoms with Crippen LogP contribution in [0, 0.1) is 0 Å². The molecule has 2 N–H and O–H groups in total. The van der Waals surface area contributed by atoms with Crippen LogP contribution >= 0.6 is 0 Å². The van der Waals surface area contributed by atoms with E-state index in [0.717, 1.165) is 5.56 Å². The van der Waals surface area contributed by atoms with E-state index in [4.69, 9.17) is 0 Å². The molecule has 0 saturated heterocycles. The van der Waals surface area contributed by atoms with E-state index in [2.05, 4.69) is 0 Å². The average Bonchev–Trinajstić information content (AvgIpc) is 2.39. The summed E-state index contributed by atoms with van der Waals surface area (Å²) in [4.78, 5) is 0. The van der Waals surface area contributed by atoms with E-state index in [1.54, 1.807) is 18.2 Å². The summed E-state index contributed by atoms with van der Waals surface area (Å²) in [6, 6.07) is 16.3. The zero-order valence-corrected chi connectivity index (χ0v) is 9.80. The van der Waals surface area contributed by atoms with Gasteiger partial charge >= 0.3 is 0 Å². The van der Waals surface area contributed by atoms with Crippen molar-refractivity contribution in [1.29, 1.82) is 0 Å². The van der Waals surface area contributed by atoms with Crippen molar-refractivity contribution in [2.24, 2.45) is 0 Å². The minimum atomic E-state index is -1.04. The van der Waals surface area contributed by atoms with Crippen LogP contribution in [0.25, 0.3) is 0 Å². The van der Waals surface area contributed by atoms with Crippen molar-refractivity contribution < 1.29 is 10.2 Å². The molecule has 1 unspecified atom stereocenters. The number of aliphatic hydroxyl groups is 1. The first kappa shape index (κ1) is 11.7. The summed E-state index contributed by atoms with van der Waals surface area (Å²) in [5.41, 5.74) is 0.513. The quantitative estimate of drug-likeness (QED) is 0.847. The van der Waals surface area contributed by atoms with E-state index < -0.39 is 5.60 Å². The molecule has 0 spiro atoms. The Kier molecular flexibility index (Phi) is 3.16. The maximum Gasteiger partial charge on any atom is 0.115 e. The molecule has 2 aromatic carbocycles. The average molecular weight is 228 g/mol. The number of aromatic hydroxyl groups is 1. The lowest BCUT2D eigenvalue weighted by Gasteiger charge is -2.28. The van der Waals surface area contributed by atoms with Crippen LogP contribution in [0.15, 0.2) is 54.6 Å². The number of benzene rings is 2. The summed E-state index contributed by atoms with van der Waals surface area (Å²) in [7, 11) is 0. The predicted molar refractivity (Wildman–Crippen MR) is 67.8 cm³/mol. The van der Waals surface area contributed by atoms with Gasteiger partial charge in [0.15, 0.2) is 0 Å². The van der Waals surface area contributed by atoms with E-state index in [9.17, 15) is 10.2 Å². The molecular weight excluding hydrogens is 212 g/mol. The Labute approximate surface area is 101 Å². The maximum atomic E-state index is 10.8. The van der Waals surface area contributed by atoms with Gasteiger partial charge in [-0.15, -0.1) is 0 Å². The van der Waals surface area contributed by atoms with Crippen LogP contribution in [0.4, 0.5) is 0 Å². The normalized spacial score (nSPS) is 14.2. The van der Waals surface area contributed by atoms with E-state index in [-0.39, 0.29) is 5.75 Å². The molecule has 0 bridgehead atoms. The van der Waals surface area contributed by atoms with Gasteiger partial charge in [0, 0.05) is 0 Å². The zero-order chi connectivity index (χ0) is 12.3. The molecule has 0 aliphatic carbocycles. The third-order valence-electron chi connectivity index (χ3n) is 3.09. The Bertz CT molecular complexity index is 493. The monoisotopic (exact) mass is 228 g/mol. The van der Waals surface area contributed by atoms with Gasteiger partial charge in [-0.05, 0) is 29.7 Å².